The van der Waals surface area contributed by atoms with Crippen LogP contribution >= 0.6 is 0 Å². The number of nitrogens with one attached hydrogen (secondary N) is 2. The maximum absolute atomic E-state index is 13.1. The van der Waals surface area contributed by atoms with Gasteiger partial charge in [0.2, 0.25) is 0 Å². The number of hydrogen-bond donors (Lipinski definition) is 2. The predicted octanol–water partition coefficient (Wildman–Crippen LogP) is 3.02. The van der Waals surface area contributed by atoms with Gasteiger partial charge in [-0.15, -0.1) is 0 Å². The number of benzene rings is 1. The standard InChI is InChI=1S/C23H29N5O3/c1-3-28-22-19(15-26-28)21(27-17-8-11-31-12-9-17)20(14-25-22)23(29)24-10-7-16-5-4-6-18(13-16)30-2/h4-6,13-15,17H,3,7-12H2,1-2H3,(H,24,29)(H,25,27). The van der Waals surface area contributed by atoms with Crippen LogP contribution in [0.15, 0.2) is 36.7 Å². The predicted molar refractivity (Wildman–Crippen MR) is 120 cm³/mol. The van der Waals surface area contributed by atoms with Crippen molar-refractivity contribution in [2.45, 2.75) is 38.8 Å². The molecule has 0 aliphatic carbocycles. The number of hydrogen-bond acceptors (Lipinski definition) is 6. The number of ether oxygens (including phenoxy) is 2. The Balaban J connectivity index is 1.53. The zero-order valence-electron chi connectivity index (χ0n) is 18.1. The zero-order valence-corrected chi connectivity index (χ0v) is 18.1. The van der Waals surface area contributed by atoms with Crippen molar-refractivity contribution in [1.29, 1.82) is 0 Å². The van der Waals surface area contributed by atoms with Crippen LogP contribution in [0.5, 0.6) is 5.75 Å². The van der Waals surface area contributed by atoms with Crippen molar-refractivity contribution in [2.24, 2.45) is 0 Å². The monoisotopic (exact) mass is 423 g/mol. The van der Waals surface area contributed by atoms with Crippen molar-refractivity contribution in [3.63, 3.8) is 0 Å². The van der Waals surface area contributed by atoms with Crippen molar-refractivity contribution in [1.82, 2.24) is 20.1 Å². The fraction of sp³-hybridized carbons (Fsp3) is 0.435. The summed E-state index contributed by atoms with van der Waals surface area (Å²) in [5.74, 6) is 0.672. The summed E-state index contributed by atoms with van der Waals surface area (Å²) < 4.78 is 12.6. The summed E-state index contributed by atoms with van der Waals surface area (Å²) in [5.41, 5.74) is 3.23. The number of pyridine rings is 1. The fourth-order valence-corrected chi connectivity index (χ4v) is 3.88. The summed E-state index contributed by atoms with van der Waals surface area (Å²) in [4.78, 5) is 17.6. The summed E-state index contributed by atoms with van der Waals surface area (Å²) in [6, 6.07) is 8.13. The first-order chi connectivity index (χ1) is 15.2. The summed E-state index contributed by atoms with van der Waals surface area (Å²) in [5, 5.41) is 11.9. The number of carbonyl (C=O) groups is 1. The Labute approximate surface area is 181 Å². The highest BCUT2D eigenvalue weighted by atomic mass is 16.5. The van der Waals surface area contributed by atoms with E-state index in [1.165, 1.54) is 0 Å². The van der Waals surface area contributed by atoms with Gasteiger partial charge in [-0.2, -0.15) is 5.10 Å². The molecule has 8 nitrogen and oxygen atoms in total. The number of nitrogens with zero attached hydrogens (tertiary/aromatic N) is 3. The summed E-state index contributed by atoms with van der Waals surface area (Å²) in [6.45, 7) is 4.72. The van der Waals surface area contributed by atoms with Gasteiger partial charge in [-0.05, 0) is 43.9 Å². The molecule has 1 amide bonds. The minimum Gasteiger partial charge on any atom is -0.497 e. The second-order valence-corrected chi connectivity index (χ2v) is 7.63. The molecule has 2 aromatic heterocycles. The highest BCUT2D eigenvalue weighted by Crippen LogP contribution is 2.28. The van der Waals surface area contributed by atoms with E-state index in [-0.39, 0.29) is 11.9 Å². The molecule has 3 heterocycles. The third-order valence-corrected chi connectivity index (χ3v) is 5.61. The first-order valence-corrected chi connectivity index (χ1v) is 10.8. The number of aryl methyl sites for hydroxylation is 1. The SMILES string of the molecule is CCn1ncc2c(NC3CCOCC3)c(C(=O)NCCc3cccc(OC)c3)cnc21. The van der Waals surface area contributed by atoms with E-state index in [4.69, 9.17) is 9.47 Å². The average Bonchev–Trinajstić information content (AvgIpc) is 3.24. The van der Waals surface area contributed by atoms with Gasteiger partial charge in [-0.25, -0.2) is 9.67 Å². The molecule has 31 heavy (non-hydrogen) atoms. The molecule has 0 radical (unpaired) electrons. The number of aromatic nitrogens is 3. The quantitative estimate of drug-likeness (QED) is 0.579. The van der Waals surface area contributed by atoms with Gasteiger partial charge in [0, 0.05) is 38.5 Å². The Morgan fingerprint density at radius 3 is 2.90 bits per heavy atom. The van der Waals surface area contributed by atoms with Crippen molar-refractivity contribution >= 4 is 22.6 Å². The largest absolute Gasteiger partial charge is 0.497 e. The van der Waals surface area contributed by atoms with Crippen molar-refractivity contribution in [2.75, 3.05) is 32.2 Å². The number of carbonyl (C=O) groups excluding carboxylic acids is 1. The van der Waals surface area contributed by atoms with Crippen molar-refractivity contribution < 1.29 is 14.3 Å². The van der Waals surface area contributed by atoms with Crippen LogP contribution in [0.1, 0.15) is 35.7 Å². The van der Waals surface area contributed by atoms with E-state index < -0.39 is 0 Å². The van der Waals surface area contributed by atoms with Gasteiger partial charge < -0.3 is 20.1 Å². The molecule has 0 saturated carbocycles. The van der Waals surface area contributed by atoms with Gasteiger partial charge in [0.25, 0.3) is 5.91 Å². The number of fused-ring (bicyclic) bond motifs is 1. The van der Waals surface area contributed by atoms with E-state index >= 15 is 0 Å². The molecule has 1 aromatic carbocycles. The van der Waals surface area contributed by atoms with E-state index in [2.05, 4.69) is 20.7 Å². The molecule has 0 bridgehead atoms. The van der Waals surface area contributed by atoms with E-state index in [1.807, 2.05) is 35.9 Å². The lowest BCUT2D eigenvalue weighted by atomic mass is 10.1. The van der Waals surface area contributed by atoms with Gasteiger partial charge in [-0.1, -0.05) is 12.1 Å². The van der Waals surface area contributed by atoms with Gasteiger partial charge in [0.05, 0.1) is 29.9 Å². The minimum absolute atomic E-state index is 0.142. The summed E-state index contributed by atoms with van der Waals surface area (Å²) in [6.07, 6.45) is 5.97. The highest BCUT2D eigenvalue weighted by molar-refractivity contribution is 6.06. The maximum Gasteiger partial charge on any atom is 0.254 e. The molecule has 1 aliphatic rings. The lowest BCUT2D eigenvalue weighted by molar-refractivity contribution is 0.0904. The topological polar surface area (TPSA) is 90.3 Å². The second-order valence-electron chi connectivity index (χ2n) is 7.63. The second kappa shape index (κ2) is 9.78. The van der Waals surface area contributed by atoms with E-state index in [1.54, 1.807) is 19.5 Å². The summed E-state index contributed by atoms with van der Waals surface area (Å²) in [7, 11) is 1.65. The number of rotatable bonds is 8. The lowest BCUT2D eigenvalue weighted by Crippen LogP contribution is -2.31. The van der Waals surface area contributed by atoms with Gasteiger partial charge in [0.1, 0.15) is 5.75 Å². The van der Waals surface area contributed by atoms with Crippen LogP contribution in [0.25, 0.3) is 11.0 Å². The Hall–Kier alpha value is -3.13. The normalized spacial score (nSPS) is 14.5. The van der Waals surface area contributed by atoms with Gasteiger partial charge in [-0.3, -0.25) is 4.79 Å². The molecule has 4 rings (SSSR count). The van der Waals surface area contributed by atoms with Gasteiger partial charge in [0.15, 0.2) is 5.65 Å². The third-order valence-electron chi connectivity index (χ3n) is 5.61. The molecular weight excluding hydrogens is 394 g/mol. The Morgan fingerprint density at radius 1 is 1.29 bits per heavy atom. The van der Waals surface area contributed by atoms with Crippen LogP contribution in [-0.4, -0.2) is 53.6 Å². The Morgan fingerprint density at radius 2 is 2.13 bits per heavy atom. The van der Waals surface area contributed by atoms with E-state index in [0.717, 1.165) is 67.1 Å². The molecule has 1 aliphatic heterocycles. The Kier molecular flexibility index (Phi) is 6.66. The number of amides is 1. The zero-order chi connectivity index (χ0) is 21.6. The van der Waals surface area contributed by atoms with Crippen molar-refractivity contribution in [3.8, 4) is 5.75 Å². The molecule has 3 aromatic rings. The van der Waals surface area contributed by atoms with Crippen LogP contribution in [0.3, 0.4) is 0 Å². The molecule has 1 fully saturated rings. The average molecular weight is 424 g/mol. The molecule has 0 unspecified atom stereocenters. The van der Waals surface area contributed by atoms with Crippen LogP contribution in [0.4, 0.5) is 5.69 Å². The molecule has 164 valence electrons. The van der Waals surface area contributed by atoms with Crippen LogP contribution in [-0.2, 0) is 17.7 Å². The van der Waals surface area contributed by atoms with Gasteiger partial charge >= 0.3 is 0 Å². The number of anilines is 1. The molecule has 0 atom stereocenters. The molecule has 0 spiro atoms. The minimum atomic E-state index is -0.142. The Bertz CT molecular complexity index is 1040. The van der Waals surface area contributed by atoms with Crippen LogP contribution in [0.2, 0.25) is 0 Å². The van der Waals surface area contributed by atoms with Crippen LogP contribution in [0, 0.1) is 0 Å². The van der Waals surface area contributed by atoms with E-state index in [9.17, 15) is 4.79 Å². The highest BCUT2D eigenvalue weighted by Gasteiger charge is 2.22. The molecule has 1 saturated heterocycles. The maximum atomic E-state index is 13.1. The number of methoxy groups -OCH3 is 1. The first kappa shape index (κ1) is 21.1. The third kappa shape index (κ3) is 4.80. The lowest BCUT2D eigenvalue weighted by Gasteiger charge is -2.25. The van der Waals surface area contributed by atoms with E-state index in [0.29, 0.717) is 12.1 Å². The molecule has 2 N–H and O–H groups in total. The smallest absolute Gasteiger partial charge is 0.254 e. The summed E-state index contributed by atoms with van der Waals surface area (Å²) >= 11 is 0. The first-order valence-electron chi connectivity index (χ1n) is 10.8. The fourth-order valence-electron chi connectivity index (χ4n) is 3.88. The molecular formula is C23H29N5O3. The van der Waals surface area contributed by atoms with Crippen molar-refractivity contribution in [3.05, 3.63) is 47.8 Å². The van der Waals surface area contributed by atoms with Crippen LogP contribution < -0.4 is 15.4 Å². The molecule has 8 heteroatoms.